The standard InChI is InChI=1S/C12H12F3N3S3/c1-16-6-7-3-4-8(5-9(7)12(13,14)15)20-11-18-17-10(19-2)21-11/h3-5,16H,6H2,1-2H3. The normalized spacial score (nSPS) is 11.9. The topological polar surface area (TPSA) is 37.8 Å². The predicted octanol–water partition coefficient (Wildman–Crippen LogP) is 4.15. The summed E-state index contributed by atoms with van der Waals surface area (Å²) in [5.41, 5.74) is -0.382. The zero-order valence-electron chi connectivity index (χ0n) is 11.2. The van der Waals surface area contributed by atoms with Crippen LogP contribution in [0.5, 0.6) is 0 Å². The number of alkyl halides is 3. The molecular weight excluding hydrogens is 339 g/mol. The minimum Gasteiger partial charge on any atom is -0.316 e. The van der Waals surface area contributed by atoms with E-state index in [1.807, 2.05) is 6.26 Å². The van der Waals surface area contributed by atoms with Gasteiger partial charge in [-0.2, -0.15) is 13.2 Å². The maximum Gasteiger partial charge on any atom is 0.416 e. The van der Waals surface area contributed by atoms with Crippen LogP contribution < -0.4 is 5.32 Å². The molecule has 0 bridgehead atoms. The molecule has 0 saturated carbocycles. The summed E-state index contributed by atoms with van der Waals surface area (Å²) in [7, 11) is 1.62. The van der Waals surface area contributed by atoms with Gasteiger partial charge in [-0.3, -0.25) is 0 Å². The molecule has 1 aromatic carbocycles. The molecule has 0 amide bonds. The van der Waals surface area contributed by atoms with Gasteiger partial charge in [0.2, 0.25) is 0 Å². The monoisotopic (exact) mass is 351 g/mol. The maximum atomic E-state index is 13.1. The van der Waals surface area contributed by atoms with Gasteiger partial charge in [-0.15, -0.1) is 10.2 Å². The molecule has 9 heteroatoms. The van der Waals surface area contributed by atoms with Crippen LogP contribution in [0.4, 0.5) is 13.2 Å². The number of aromatic nitrogens is 2. The van der Waals surface area contributed by atoms with Crippen molar-refractivity contribution >= 4 is 34.9 Å². The number of hydrogen-bond donors (Lipinski definition) is 1. The van der Waals surface area contributed by atoms with Crippen LogP contribution in [-0.4, -0.2) is 23.5 Å². The first kappa shape index (κ1) is 16.6. The molecule has 2 rings (SSSR count). The van der Waals surface area contributed by atoms with Crippen molar-refractivity contribution in [1.29, 1.82) is 0 Å². The first-order valence-corrected chi connectivity index (χ1v) is 8.70. The highest BCUT2D eigenvalue weighted by Crippen LogP contribution is 2.38. The fourth-order valence-electron chi connectivity index (χ4n) is 1.65. The number of nitrogens with one attached hydrogen (secondary N) is 1. The van der Waals surface area contributed by atoms with Crippen molar-refractivity contribution in [3.05, 3.63) is 29.3 Å². The quantitative estimate of drug-likeness (QED) is 0.819. The number of hydrogen-bond acceptors (Lipinski definition) is 6. The lowest BCUT2D eigenvalue weighted by Gasteiger charge is -2.13. The van der Waals surface area contributed by atoms with Gasteiger partial charge in [0.25, 0.3) is 0 Å². The van der Waals surface area contributed by atoms with Crippen LogP contribution in [0, 0.1) is 0 Å². The average Bonchev–Trinajstić information content (AvgIpc) is 2.87. The third-order valence-electron chi connectivity index (χ3n) is 2.52. The van der Waals surface area contributed by atoms with Gasteiger partial charge in [0.1, 0.15) is 0 Å². The number of rotatable bonds is 5. The van der Waals surface area contributed by atoms with Crippen molar-refractivity contribution < 1.29 is 13.2 Å². The SMILES string of the molecule is CNCc1ccc(Sc2nnc(SC)s2)cc1C(F)(F)F. The van der Waals surface area contributed by atoms with Crippen molar-refractivity contribution in [3.8, 4) is 0 Å². The van der Waals surface area contributed by atoms with Gasteiger partial charge in [-0.1, -0.05) is 40.9 Å². The molecule has 0 unspecified atom stereocenters. The van der Waals surface area contributed by atoms with Gasteiger partial charge in [-0.05, 0) is 31.0 Å². The number of nitrogens with zero attached hydrogens (tertiary/aromatic N) is 2. The molecule has 0 aliphatic rings. The highest BCUT2D eigenvalue weighted by atomic mass is 32.2. The molecule has 0 spiro atoms. The van der Waals surface area contributed by atoms with Gasteiger partial charge >= 0.3 is 6.18 Å². The second-order valence-electron chi connectivity index (χ2n) is 3.99. The fraction of sp³-hybridized carbons (Fsp3) is 0.333. The Balaban J connectivity index is 2.28. The minimum absolute atomic E-state index is 0.176. The number of halogens is 3. The third kappa shape index (κ3) is 4.35. The van der Waals surface area contributed by atoms with Gasteiger partial charge in [0.15, 0.2) is 8.68 Å². The Kier molecular flexibility index (Phi) is 5.53. The zero-order valence-corrected chi connectivity index (χ0v) is 13.6. The van der Waals surface area contributed by atoms with Gasteiger partial charge in [-0.25, -0.2) is 0 Å². The molecule has 0 radical (unpaired) electrons. The van der Waals surface area contributed by atoms with E-state index < -0.39 is 11.7 Å². The number of thioether (sulfide) groups is 1. The molecule has 21 heavy (non-hydrogen) atoms. The van der Waals surface area contributed by atoms with E-state index in [1.54, 1.807) is 13.1 Å². The van der Waals surface area contributed by atoms with Crippen molar-refractivity contribution in [3.63, 3.8) is 0 Å². The van der Waals surface area contributed by atoms with Gasteiger partial charge < -0.3 is 5.32 Å². The third-order valence-corrected chi connectivity index (χ3v) is 5.46. The molecule has 1 heterocycles. The summed E-state index contributed by atoms with van der Waals surface area (Å²) in [6, 6.07) is 4.34. The lowest BCUT2D eigenvalue weighted by molar-refractivity contribution is -0.138. The van der Waals surface area contributed by atoms with Crippen molar-refractivity contribution in [1.82, 2.24) is 15.5 Å². The Morgan fingerprint density at radius 2 is 1.95 bits per heavy atom. The van der Waals surface area contributed by atoms with Crippen LogP contribution in [0.1, 0.15) is 11.1 Å². The van der Waals surface area contributed by atoms with Crippen LogP contribution in [0.3, 0.4) is 0 Å². The summed E-state index contributed by atoms with van der Waals surface area (Å²) >= 11 is 4.02. The molecule has 2 aromatic rings. The van der Waals surface area contributed by atoms with E-state index in [2.05, 4.69) is 15.5 Å². The fourth-order valence-corrected chi connectivity index (χ4v) is 4.10. The summed E-state index contributed by atoms with van der Waals surface area (Å²) in [5.74, 6) is 0. The van der Waals surface area contributed by atoms with Gasteiger partial charge in [0, 0.05) is 11.4 Å². The minimum atomic E-state index is -4.37. The average molecular weight is 351 g/mol. The lowest BCUT2D eigenvalue weighted by atomic mass is 10.1. The molecule has 1 N–H and O–H groups in total. The molecule has 0 aliphatic carbocycles. The predicted molar refractivity (Wildman–Crippen MR) is 80.0 cm³/mol. The van der Waals surface area contributed by atoms with E-state index >= 15 is 0 Å². The molecule has 0 fully saturated rings. The van der Waals surface area contributed by atoms with Crippen LogP contribution in [-0.2, 0) is 12.7 Å². The van der Waals surface area contributed by atoms with Crippen LogP contribution in [0.2, 0.25) is 0 Å². The van der Waals surface area contributed by atoms with E-state index in [4.69, 9.17) is 0 Å². The summed E-state index contributed by atoms with van der Waals surface area (Å²) in [6.07, 6.45) is -2.49. The maximum absolute atomic E-state index is 13.1. The highest BCUT2D eigenvalue weighted by Gasteiger charge is 2.33. The Morgan fingerprint density at radius 1 is 1.24 bits per heavy atom. The summed E-state index contributed by atoms with van der Waals surface area (Å²) < 4.78 is 40.7. The number of benzene rings is 1. The Labute approximate surface area is 132 Å². The Morgan fingerprint density at radius 3 is 2.52 bits per heavy atom. The Bertz CT molecular complexity index is 613. The van der Waals surface area contributed by atoms with Crippen LogP contribution in [0.25, 0.3) is 0 Å². The molecule has 0 aliphatic heterocycles. The molecular formula is C12H12F3N3S3. The first-order valence-electron chi connectivity index (χ1n) is 5.84. The van der Waals surface area contributed by atoms with E-state index in [0.717, 1.165) is 10.4 Å². The summed E-state index contributed by atoms with van der Waals surface area (Å²) in [4.78, 5) is 0.506. The Hall–Kier alpha value is -0.770. The van der Waals surface area contributed by atoms with Gasteiger partial charge in [0.05, 0.1) is 5.56 Å². The first-order chi connectivity index (χ1) is 9.94. The van der Waals surface area contributed by atoms with E-state index in [0.29, 0.717) is 9.24 Å². The van der Waals surface area contributed by atoms with Crippen molar-refractivity contribution in [2.75, 3.05) is 13.3 Å². The second kappa shape index (κ2) is 6.99. The zero-order chi connectivity index (χ0) is 15.5. The molecule has 114 valence electrons. The van der Waals surface area contributed by atoms with Crippen molar-refractivity contribution in [2.45, 2.75) is 26.3 Å². The van der Waals surface area contributed by atoms with Crippen molar-refractivity contribution in [2.24, 2.45) is 0 Å². The largest absolute Gasteiger partial charge is 0.416 e. The molecule has 0 atom stereocenters. The summed E-state index contributed by atoms with van der Waals surface area (Å²) in [5, 5.41) is 10.6. The summed E-state index contributed by atoms with van der Waals surface area (Å²) in [6.45, 7) is 0.176. The second-order valence-corrected chi connectivity index (χ2v) is 7.34. The van der Waals surface area contributed by atoms with Crippen LogP contribution in [0.15, 0.2) is 31.8 Å². The van der Waals surface area contributed by atoms with E-state index in [9.17, 15) is 13.2 Å². The molecule has 3 nitrogen and oxygen atoms in total. The van der Waals surface area contributed by atoms with Crippen LogP contribution >= 0.6 is 34.9 Å². The smallest absolute Gasteiger partial charge is 0.316 e. The highest BCUT2D eigenvalue weighted by molar-refractivity contribution is 8.03. The van der Waals surface area contributed by atoms with E-state index in [-0.39, 0.29) is 12.1 Å². The lowest BCUT2D eigenvalue weighted by Crippen LogP contribution is -2.14. The molecule has 1 aromatic heterocycles. The van der Waals surface area contributed by atoms with E-state index in [1.165, 1.54) is 40.9 Å². The molecule has 0 saturated heterocycles.